The second kappa shape index (κ2) is 12.1. The van der Waals surface area contributed by atoms with Crippen molar-refractivity contribution in [1.29, 1.82) is 0 Å². The molecule has 5 atom stereocenters. The minimum absolute atomic E-state index is 0.0825. The summed E-state index contributed by atoms with van der Waals surface area (Å²) in [5.74, 6) is -4.41. The van der Waals surface area contributed by atoms with Gasteiger partial charge in [-0.3, -0.25) is 9.36 Å². The lowest BCUT2D eigenvalue weighted by atomic mass is 9.97. The number of amides is 1. The fraction of sp³-hybridized carbons (Fsp3) is 0.259. The molecule has 3 rings (SSSR count). The van der Waals surface area contributed by atoms with Crippen molar-refractivity contribution in [2.75, 3.05) is 6.16 Å². The molecular weight excluding hydrogens is 479 g/mol. The van der Waals surface area contributed by atoms with E-state index in [-0.39, 0.29) is 6.42 Å². The summed E-state index contributed by atoms with van der Waals surface area (Å²) >= 11 is 0. The van der Waals surface area contributed by atoms with Gasteiger partial charge >= 0.3 is 5.97 Å². The number of rotatable bonds is 11. The topological polar surface area (TPSA) is 150 Å². The van der Waals surface area contributed by atoms with Gasteiger partial charge in [0.15, 0.2) is 6.04 Å². The number of hydrogen-bond acceptors (Lipinski definition) is 5. The Hall–Kier alpha value is -3.29. The number of carbonyl (C=O) groups is 2. The largest absolute Gasteiger partial charge is 0.480 e. The third-order valence-corrected chi connectivity index (χ3v) is 8.15. The number of nitrogens with one attached hydrogen (secondary N) is 1. The van der Waals surface area contributed by atoms with E-state index in [1.54, 1.807) is 30.3 Å². The Morgan fingerprint density at radius 3 is 1.97 bits per heavy atom. The predicted molar refractivity (Wildman–Crippen MR) is 138 cm³/mol. The molecule has 0 aliphatic rings. The highest BCUT2D eigenvalue weighted by Gasteiger charge is 2.37. The minimum atomic E-state index is -4.09. The zero-order valence-corrected chi connectivity index (χ0v) is 20.8. The third kappa shape index (κ3) is 7.12. The maximum Gasteiger partial charge on any atom is 0.328 e. The van der Waals surface area contributed by atoms with E-state index in [1.165, 1.54) is 6.92 Å². The summed E-state index contributed by atoms with van der Waals surface area (Å²) in [4.78, 5) is 35.5. The van der Waals surface area contributed by atoms with Crippen molar-refractivity contribution in [3.8, 4) is 11.1 Å². The summed E-state index contributed by atoms with van der Waals surface area (Å²) in [6, 6.07) is 24.0. The Morgan fingerprint density at radius 1 is 0.917 bits per heavy atom. The van der Waals surface area contributed by atoms with Crippen molar-refractivity contribution >= 4 is 19.2 Å². The van der Waals surface area contributed by atoms with Crippen LogP contribution in [0, 0.1) is 5.92 Å². The van der Waals surface area contributed by atoms with E-state index in [9.17, 15) is 29.3 Å². The minimum Gasteiger partial charge on any atom is -0.480 e. The number of carbonyl (C=O) groups excluding carboxylic acids is 1. The molecule has 36 heavy (non-hydrogen) atoms. The number of carboxylic acid groups (broad SMARTS) is 1. The van der Waals surface area contributed by atoms with Crippen molar-refractivity contribution in [1.82, 2.24) is 5.32 Å². The quantitative estimate of drug-likeness (QED) is 0.248. The summed E-state index contributed by atoms with van der Waals surface area (Å²) in [6.07, 6.45) is -1.73. The van der Waals surface area contributed by atoms with E-state index in [1.807, 2.05) is 54.6 Å². The van der Waals surface area contributed by atoms with Crippen molar-refractivity contribution in [3.05, 3.63) is 96.1 Å². The molecule has 0 aliphatic carbocycles. The van der Waals surface area contributed by atoms with Gasteiger partial charge in [0.2, 0.25) is 13.3 Å². The summed E-state index contributed by atoms with van der Waals surface area (Å²) in [7, 11) is -4.09. The lowest BCUT2D eigenvalue weighted by molar-refractivity contribution is -0.145. The van der Waals surface area contributed by atoms with Crippen molar-refractivity contribution in [2.24, 2.45) is 11.7 Å². The van der Waals surface area contributed by atoms with Crippen LogP contribution in [0.1, 0.15) is 23.8 Å². The van der Waals surface area contributed by atoms with E-state index in [0.717, 1.165) is 16.7 Å². The highest BCUT2D eigenvalue weighted by molar-refractivity contribution is 7.58. The summed E-state index contributed by atoms with van der Waals surface area (Å²) in [5.41, 5.74) is 9.30. The van der Waals surface area contributed by atoms with E-state index in [0.29, 0.717) is 5.56 Å². The SMILES string of the molecule is CC(O)[C@H](NC(=O)[C@H](Cc1ccc(-c2ccccc2)cc1)CP(=O)(O)[C@H](N)c1ccccc1)C(=O)O. The number of aliphatic hydroxyl groups is 1. The van der Waals surface area contributed by atoms with Gasteiger partial charge in [0.1, 0.15) is 5.78 Å². The molecule has 0 saturated heterocycles. The molecule has 0 aromatic heterocycles. The first-order valence-electron chi connectivity index (χ1n) is 11.6. The fourth-order valence-corrected chi connectivity index (χ4v) is 5.75. The van der Waals surface area contributed by atoms with Crippen LogP contribution in [0.25, 0.3) is 11.1 Å². The van der Waals surface area contributed by atoms with Crippen LogP contribution in [0.5, 0.6) is 0 Å². The van der Waals surface area contributed by atoms with E-state index >= 15 is 0 Å². The summed E-state index contributed by atoms with van der Waals surface area (Å²) < 4.78 is 13.3. The lowest BCUT2D eigenvalue weighted by Gasteiger charge is -2.26. The molecule has 0 heterocycles. The molecule has 1 amide bonds. The molecular formula is C27H31N2O6P. The average molecular weight is 511 g/mol. The molecule has 8 nitrogen and oxygen atoms in total. The first-order valence-corrected chi connectivity index (χ1v) is 13.5. The molecule has 3 aromatic carbocycles. The van der Waals surface area contributed by atoms with Crippen molar-refractivity contribution in [3.63, 3.8) is 0 Å². The second-order valence-corrected chi connectivity index (χ2v) is 11.3. The van der Waals surface area contributed by atoms with E-state index in [4.69, 9.17) is 5.73 Å². The van der Waals surface area contributed by atoms with Crippen LogP contribution >= 0.6 is 7.37 Å². The highest BCUT2D eigenvalue weighted by Crippen LogP contribution is 2.54. The molecule has 0 saturated carbocycles. The molecule has 0 spiro atoms. The van der Waals surface area contributed by atoms with E-state index < -0.39 is 49.3 Å². The van der Waals surface area contributed by atoms with Crippen LogP contribution in [-0.4, -0.2) is 45.3 Å². The van der Waals surface area contributed by atoms with Crippen LogP contribution in [0.3, 0.4) is 0 Å². The summed E-state index contributed by atoms with van der Waals surface area (Å²) in [6.45, 7) is 1.25. The smallest absolute Gasteiger partial charge is 0.328 e. The van der Waals surface area contributed by atoms with Crippen LogP contribution in [0.2, 0.25) is 0 Å². The Labute approximate surface area is 210 Å². The highest BCUT2D eigenvalue weighted by atomic mass is 31.2. The Balaban J connectivity index is 1.86. The molecule has 0 fully saturated rings. The van der Waals surface area contributed by atoms with Gasteiger partial charge in [-0.25, -0.2) is 4.79 Å². The number of aliphatic hydroxyl groups excluding tert-OH is 1. The molecule has 9 heteroatoms. The van der Waals surface area contributed by atoms with Gasteiger partial charge in [-0.1, -0.05) is 84.9 Å². The molecule has 190 valence electrons. The predicted octanol–water partition coefficient (Wildman–Crippen LogP) is 3.39. The molecule has 0 bridgehead atoms. The molecule has 6 N–H and O–H groups in total. The van der Waals surface area contributed by atoms with Crippen LogP contribution in [-0.2, 0) is 20.6 Å². The van der Waals surface area contributed by atoms with Crippen molar-refractivity contribution in [2.45, 2.75) is 31.3 Å². The average Bonchev–Trinajstić information content (AvgIpc) is 2.87. The fourth-order valence-electron chi connectivity index (χ4n) is 3.96. The van der Waals surface area contributed by atoms with Crippen molar-refractivity contribution < 1.29 is 29.3 Å². The molecule has 2 unspecified atom stereocenters. The Bertz CT molecular complexity index is 1200. The standard InChI is InChI=1S/C27H31N2O6P/c1-18(30)24(27(32)33)29-26(31)23(17-36(34,35)25(28)22-10-6-3-7-11-22)16-19-12-14-21(15-13-19)20-8-4-2-5-9-20/h2-15,18,23-25,30H,16-17,28H2,1H3,(H,29,31)(H,32,33)(H,34,35)/t18?,23-,24+,25+/m1/s1. The zero-order chi connectivity index (χ0) is 26.3. The molecule has 0 aliphatic heterocycles. The number of carboxylic acids is 1. The van der Waals surface area contributed by atoms with Gasteiger partial charge in [0, 0.05) is 6.16 Å². The first kappa shape index (κ1) is 27.3. The third-order valence-electron chi connectivity index (χ3n) is 6.02. The maximum atomic E-state index is 13.3. The number of nitrogens with two attached hydrogens (primary N) is 1. The zero-order valence-electron chi connectivity index (χ0n) is 19.9. The Morgan fingerprint density at radius 2 is 1.44 bits per heavy atom. The Kier molecular flexibility index (Phi) is 9.18. The molecule has 0 radical (unpaired) electrons. The maximum absolute atomic E-state index is 13.3. The van der Waals surface area contributed by atoms with Gasteiger partial charge in [0.05, 0.1) is 12.0 Å². The monoisotopic (exact) mass is 510 g/mol. The number of aliphatic carboxylic acids is 1. The van der Waals surface area contributed by atoms with Gasteiger partial charge in [-0.2, -0.15) is 0 Å². The van der Waals surface area contributed by atoms with Crippen LogP contribution < -0.4 is 11.1 Å². The van der Waals surface area contributed by atoms with Crippen LogP contribution in [0.15, 0.2) is 84.9 Å². The van der Waals surface area contributed by atoms with Gasteiger partial charge in [-0.15, -0.1) is 0 Å². The van der Waals surface area contributed by atoms with E-state index in [2.05, 4.69) is 5.32 Å². The lowest BCUT2D eigenvalue weighted by Crippen LogP contribution is -2.50. The second-order valence-electron chi connectivity index (χ2n) is 8.82. The molecule has 3 aromatic rings. The van der Waals surface area contributed by atoms with Crippen LogP contribution in [0.4, 0.5) is 0 Å². The number of hydrogen-bond donors (Lipinski definition) is 5. The van der Waals surface area contributed by atoms with Gasteiger partial charge in [0.25, 0.3) is 0 Å². The normalized spacial score (nSPS) is 16.2. The van der Waals surface area contributed by atoms with Gasteiger partial charge in [-0.05, 0) is 35.6 Å². The number of benzene rings is 3. The first-order chi connectivity index (χ1) is 17.1. The summed E-state index contributed by atoms with van der Waals surface area (Å²) in [5, 5.41) is 21.5. The van der Waals surface area contributed by atoms with Gasteiger partial charge < -0.3 is 26.2 Å².